The van der Waals surface area contributed by atoms with Crippen molar-refractivity contribution in [2.24, 2.45) is 5.92 Å². The topological polar surface area (TPSA) is 173 Å². The standard InChI is InChI=1S/C27H36F2N10O4/c1-2-3-19(41)4-5-21(42)39-15-18(16-39)6-8-37(9-7-31-17-40)26-34-24(20-14-32-25(30)33-22(20)23(28)29)35-27(36-26)38-10-12-43-13-11-38/h2-3,14,17-18,23H,4-13,15-16H2,1H3,(H,31,40)(H2,30,32,33)/b3-2+. The monoisotopic (exact) mass is 602 g/mol. The van der Waals surface area contributed by atoms with Gasteiger partial charge in [-0.2, -0.15) is 15.0 Å². The van der Waals surface area contributed by atoms with Crippen LogP contribution in [-0.2, 0) is 19.1 Å². The fourth-order valence-corrected chi connectivity index (χ4v) is 4.79. The molecule has 16 heteroatoms. The zero-order valence-corrected chi connectivity index (χ0v) is 24.0. The van der Waals surface area contributed by atoms with Crippen LogP contribution in [0.2, 0.25) is 0 Å². The molecule has 0 aromatic carbocycles. The van der Waals surface area contributed by atoms with E-state index in [4.69, 9.17) is 10.5 Å². The summed E-state index contributed by atoms with van der Waals surface area (Å²) in [5, 5.41) is 2.63. The Morgan fingerprint density at radius 3 is 2.63 bits per heavy atom. The van der Waals surface area contributed by atoms with Crippen LogP contribution in [0.3, 0.4) is 0 Å². The number of halogens is 2. The summed E-state index contributed by atoms with van der Waals surface area (Å²) >= 11 is 0. The Morgan fingerprint density at radius 2 is 1.93 bits per heavy atom. The number of aromatic nitrogens is 5. The number of likely N-dealkylation sites (tertiary alicyclic amines) is 1. The van der Waals surface area contributed by atoms with Gasteiger partial charge in [-0.1, -0.05) is 6.08 Å². The van der Waals surface area contributed by atoms with E-state index in [-0.39, 0.29) is 53.7 Å². The summed E-state index contributed by atoms with van der Waals surface area (Å²) in [7, 11) is 0. The van der Waals surface area contributed by atoms with Gasteiger partial charge in [0.1, 0.15) is 5.69 Å². The molecule has 2 amide bonds. The minimum atomic E-state index is -2.94. The van der Waals surface area contributed by atoms with Gasteiger partial charge in [-0.25, -0.2) is 18.7 Å². The summed E-state index contributed by atoms with van der Waals surface area (Å²) in [4.78, 5) is 61.9. The Morgan fingerprint density at radius 1 is 1.16 bits per heavy atom. The quantitative estimate of drug-likeness (QED) is 0.169. The molecular weight excluding hydrogens is 566 g/mol. The number of nitrogens with two attached hydrogens (primary N) is 1. The lowest BCUT2D eigenvalue weighted by Gasteiger charge is -2.40. The van der Waals surface area contributed by atoms with E-state index in [0.29, 0.717) is 77.8 Å². The molecule has 0 saturated carbocycles. The van der Waals surface area contributed by atoms with Crippen LogP contribution < -0.4 is 20.9 Å². The minimum absolute atomic E-state index is 0.0250. The molecule has 232 valence electrons. The first-order chi connectivity index (χ1) is 20.8. The summed E-state index contributed by atoms with van der Waals surface area (Å²) in [5.41, 5.74) is 4.93. The third-order valence-electron chi connectivity index (χ3n) is 7.14. The van der Waals surface area contributed by atoms with Gasteiger partial charge < -0.3 is 30.5 Å². The van der Waals surface area contributed by atoms with Gasteiger partial charge >= 0.3 is 0 Å². The summed E-state index contributed by atoms with van der Waals surface area (Å²) in [6.07, 6.45) is 2.99. The van der Waals surface area contributed by atoms with E-state index < -0.39 is 12.1 Å². The number of carbonyl (C=O) groups is 3. The first kappa shape index (κ1) is 31.6. The maximum atomic E-state index is 13.9. The molecule has 0 radical (unpaired) electrons. The van der Waals surface area contributed by atoms with Crippen LogP contribution >= 0.6 is 0 Å². The Kier molecular flexibility index (Phi) is 11.2. The van der Waals surface area contributed by atoms with E-state index in [9.17, 15) is 23.2 Å². The van der Waals surface area contributed by atoms with Gasteiger partial charge in [0.25, 0.3) is 6.43 Å². The molecule has 4 heterocycles. The number of morpholine rings is 1. The fraction of sp³-hybridized carbons (Fsp3) is 0.556. The summed E-state index contributed by atoms with van der Waals surface area (Å²) in [6.45, 7) is 5.91. The van der Waals surface area contributed by atoms with Gasteiger partial charge in [0.05, 0.1) is 18.8 Å². The minimum Gasteiger partial charge on any atom is -0.378 e. The number of ether oxygens (including phenoxy) is 1. The van der Waals surface area contributed by atoms with Crippen LogP contribution in [0.25, 0.3) is 11.4 Å². The third kappa shape index (κ3) is 8.59. The smallest absolute Gasteiger partial charge is 0.281 e. The van der Waals surface area contributed by atoms with Crippen molar-refractivity contribution in [2.75, 3.05) is 74.6 Å². The number of hydrogen-bond donors (Lipinski definition) is 2. The van der Waals surface area contributed by atoms with Crippen molar-refractivity contribution in [1.82, 2.24) is 35.1 Å². The number of ketones is 1. The zero-order valence-electron chi connectivity index (χ0n) is 24.0. The first-order valence-corrected chi connectivity index (χ1v) is 14.1. The van der Waals surface area contributed by atoms with E-state index in [1.807, 2.05) is 9.80 Å². The fourth-order valence-electron chi connectivity index (χ4n) is 4.79. The van der Waals surface area contributed by atoms with Gasteiger partial charge in [-0.3, -0.25) is 14.4 Å². The molecule has 2 fully saturated rings. The summed E-state index contributed by atoms with van der Waals surface area (Å²) < 4.78 is 33.3. The van der Waals surface area contributed by atoms with E-state index in [2.05, 4.69) is 30.2 Å². The van der Waals surface area contributed by atoms with Gasteiger partial charge in [0.15, 0.2) is 11.6 Å². The van der Waals surface area contributed by atoms with Crippen molar-refractivity contribution in [3.05, 3.63) is 24.0 Å². The van der Waals surface area contributed by atoms with Gasteiger partial charge in [-0.05, 0) is 25.3 Å². The number of allylic oxidation sites excluding steroid dienone is 2. The lowest BCUT2D eigenvalue weighted by Crippen LogP contribution is -2.51. The molecule has 3 N–H and O–H groups in total. The van der Waals surface area contributed by atoms with E-state index >= 15 is 0 Å². The van der Waals surface area contributed by atoms with Crippen LogP contribution in [0.5, 0.6) is 0 Å². The van der Waals surface area contributed by atoms with Crippen LogP contribution in [-0.4, -0.2) is 107 Å². The van der Waals surface area contributed by atoms with Crippen molar-refractivity contribution in [3.8, 4) is 11.4 Å². The molecule has 0 unspecified atom stereocenters. The predicted molar refractivity (Wildman–Crippen MR) is 153 cm³/mol. The Labute approximate surface area is 247 Å². The summed E-state index contributed by atoms with van der Waals surface area (Å²) in [5.74, 6) is 0.301. The van der Waals surface area contributed by atoms with Crippen LogP contribution in [0, 0.1) is 5.92 Å². The number of alkyl halides is 2. The van der Waals surface area contributed by atoms with Crippen molar-refractivity contribution >= 4 is 35.9 Å². The Bertz CT molecular complexity index is 1300. The number of rotatable bonds is 15. The second kappa shape index (κ2) is 15.2. The number of anilines is 3. The highest BCUT2D eigenvalue weighted by molar-refractivity contribution is 5.92. The average molecular weight is 603 g/mol. The molecule has 2 aromatic rings. The SMILES string of the molecule is C/C=C/C(=O)CCC(=O)N1CC(CCN(CCNC=O)c2nc(-c3cnc(N)nc3C(F)F)nc(N3CCOCC3)n2)C1. The molecule has 2 aromatic heterocycles. The van der Waals surface area contributed by atoms with Crippen LogP contribution in [0.4, 0.5) is 26.6 Å². The third-order valence-corrected chi connectivity index (χ3v) is 7.14. The summed E-state index contributed by atoms with van der Waals surface area (Å²) in [6, 6.07) is 0. The predicted octanol–water partition coefficient (Wildman–Crippen LogP) is 1.01. The number of nitrogen functional groups attached to an aromatic ring is 1. The second-order valence-corrected chi connectivity index (χ2v) is 10.2. The maximum absolute atomic E-state index is 13.9. The highest BCUT2D eigenvalue weighted by Crippen LogP contribution is 2.30. The Balaban J connectivity index is 1.53. The molecule has 14 nitrogen and oxygen atoms in total. The van der Waals surface area contributed by atoms with Crippen molar-refractivity contribution in [1.29, 1.82) is 0 Å². The Hall–Kier alpha value is -4.34. The maximum Gasteiger partial charge on any atom is 0.281 e. The molecule has 0 atom stereocenters. The van der Waals surface area contributed by atoms with Crippen LogP contribution in [0.15, 0.2) is 18.3 Å². The number of carbonyl (C=O) groups excluding carboxylic acids is 3. The van der Waals surface area contributed by atoms with Gasteiger partial charge in [0.2, 0.25) is 30.2 Å². The highest BCUT2D eigenvalue weighted by Gasteiger charge is 2.31. The molecule has 2 aliphatic heterocycles. The lowest BCUT2D eigenvalue weighted by atomic mass is 9.95. The van der Waals surface area contributed by atoms with Gasteiger partial charge in [-0.15, -0.1) is 0 Å². The van der Waals surface area contributed by atoms with Crippen molar-refractivity contribution in [2.45, 2.75) is 32.6 Å². The molecule has 43 heavy (non-hydrogen) atoms. The van der Waals surface area contributed by atoms with Crippen molar-refractivity contribution < 1.29 is 27.9 Å². The van der Waals surface area contributed by atoms with Gasteiger partial charge in [0, 0.05) is 64.9 Å². The molecular formula is C27H36F2N10O4. The average Bonchev–Trinajstić information content (AvgIpc) is 2.98. The number of hydrogen-bond acceptors (Lipinski definition) is 12. The second-order valence-electron chi connectivity index (χ2n) is 10.2. The molecule has 2 saturated heterocycles. The van der Waals surface area contributed by atoms with E-state index in [1.54, 1.807) is 17.9 Å². The van der Waals surface area contributed by atoms with Crippen LogP contribution in [0.1, 0.15) is 38.3 Å². The molecule has 0 aliphatic carbocycles. The largest absolute Gasteiger partial charge is 0.378 e. The highest BCUT2D eigenvalue weighted by atomic mass is 19.3. The molecule has 4 rings (SSSR count). The normalized spacial score (nSPS) is 15.5. The number of amides is 2. The number of nitrogens with one attached hydrogen (secondary N) is 1. The molecule has 2 aliphatic rings. The van der Waals surface area contributed by atoms with E-state index in [0.717, 1.165) is 0 Å². The number of nitrogens with zero attached hydrogens (tertiary/aromatic N) is 8. The zero-order chi connectivity index (χ0) is 30.8. The first-order valence-electron chi connectivity index (χ1n) is 14.1. The molecule has 0 bridgehead atoms. The van der Waals surface area contributed by atoms with E-state index in [1.165, 1.54) is 12.3 Å². The molecule has 0 spiro atoms. The van der Waals surface area contributed by atoms with Crippen molar-refractivity contribution in [3.63, 3.8) is 0 Å². The lowest BCUT2D eigenvalue weighted by molar-refractivity contribution is -0.138.